The molecule has 1 amide bonds. The van der Waals surface area contributed by atoms with Gasteiger partial charge in [0.2, 0.25) is 5.91 Å². The van der Waals surface area contributed by atoms with Crippen LogP contribution in [0.25, 0.3) is 10.9 Å². The Kier molecular flexibility index (Phi) is 6.47. The van der Waals surface area contributed by atoms with E-state index in [2.05, 4.69) is 25.5 Å². The molecule has 2 aliphatic heterocycles. The molecule has 1 atom stereocenters. The number of fused-ring (bicyclic) bond motifs is 1. The lowest BCUT2D eigenvalue weighted by Gasteiger charge is -2.40. The molecule has 2 aromatic rings. The summed E-state index contributed by atoms with van der Waals surface area (Å²) in [4.78, 5) is 21.5. The lowest BCUT2D eigenvalue weighted by atomic mass is 9.79. The molecular weight excluding hydrogens is 472 g/mol. The number of piperidine rings is 1. The van der Waals surface area contributed by atoms with Crippen molar-refractivity contribution in [1.82, 2.24) is 20.5 Å². The minimum Gasteiger partial charge on any atom is -0.361 e. The molecule has 3 N–H and O–H groups in total. The average Bonchev–Trinajstić information content (AvgIpc) is 3.22. The van der Waals surface area contributed by atoms with Gasteiger partial charge in [0.05, 0.1) is 0 Å². The van der Waals surface area contributed by atoms with Gasteiger partial charge in [-0.1, -0.05) is 0 Å². The van der Waals surface area contributed by atoms with Gasteiger partial charge in [0, 0.05) is 62.2 Å². The zero-order chi connectivity index (χ0) is 18.9. The summed E-state index contributed by atoms with van der Waals surface area (Å²) in [5, 5.41) is 7.49. The first-order chi connectivity index (χ1) is 13.1. The van der Waals surface area contributed by atoms with Crippen LogP contribution in [0.4, 0.5) is 4.39 Å². The molecule has 0 bridgehead atoms. The number of guanidine groups is 1. The smallest absolute Gasteiger partial charge is 0.220 e. The van der Waals surface area contributed by atoms with Gasteiger partial charge in [-0.05, 0) is 43.0 Å². The number of amides is 1. The van der Waals surface area contributed by atoms with E-state index in [1.807, 2.05) is 12.3 Å². The second-order valence-corrected chi connectivity index (χ2v) is 7.71. The Hall–Kier alpha value is -1.84. The fraction of sp³-hybridized carbons (Fsp3) is 0.500. The van der Waals surface area contributed by atoms with Crippen LogP contribution in [-0.2, 0) is 11.2 Å². The van der Waals surface area contributed by atoms with Gasteiger partial charge in [0.15, 0.2) is 5.96 Å². The van der Waals surface area contributed by atoms with Crippen LogP contribution < -0.4 is 10.6 Å². The van der Waals surface area contributed by atoms with Crippen molar-refractivity contribution in [2.45, 2.75) is 25.7 Å². The van der Waals surface area contributed by atoms with Gasteiger partial charge in [-0.3, -0.25) is 9.79 Å². The Bertz CT molecular complexity index is 883. The topological polar surface area (TPSA) is 72.5 Å². The number of aromatic amines is 1. The summed E-state index contributed by atoms with van der Waals surface area (Å²) in [5.41, 5.74) is 2.04. The summed E-state index contributed by atoms with van der Waals surface area (Å²) >= 11 is 0. The first-order valence-corrected chi connectivity index (χ1v) is 9.56. The number of aromatic nitrogens is 1. The third-order valence-corrected chi connectivity index (χ3v) is 5.78. The highest BCUT2D eigenvalue weighted by molar-refractivity contribution is 14.0. The highest BCUT2D eigenvalue weighted by Crippen LogP contribution is 2.36. The number of nitrogens with one attached hydrogen (secondary N) is 3. The Morgan fingerprint density at radius 3 is 3.04 bits per heavy atom. The van der Waals surface area contributed by atoms with Crippen LogP contribution in [0, 0.1) is 11.2 Å². The maximum Gasteiger partial charge on any atom is 0.220 e. The summed E-state index contributed by atoms with van der Waals surface area (Å²) in [6.45, 7) is 3.34. The summed E-state index contributed by atoms with van der Waals surface area (Å²) in [6.07, 6.45) is 5.55. The summed E-state index contributed by atoms with van der Waals surface area (Å²) in [5.74, 6) is 0.822. The van der Waals surface area contributed by atoms with Crippen LogP contribution >= 0.6 is 24.0 Å². The van der Waals surface area contributed by atoms with E-state index in [0.717, 1.165) is 67.9 Å². The summed E-state index contributed by atoms with van der Waals surface area (Å²) in [6, 6.07) is 4.84. The first kappa shape index (κ1) is 20.9. The quantitative estimate of drug-likeness (QED) is 0.346. The van der Waals surface area contributed by atoms with Gasteiger partial charge in [0.1, 0.15) is 5.82 Å². The van der Waals surface area contributed by atoms with E-state index in [4.69, 9.17) is 0 Å². The number of halogens is 2. The molecule has 0 saturated carbocycles. The minimum atomic E-state index is -0.228. The molecule has 1 unspecified atom stereocenters. The number of likely N-dealkylation sites (tertiary alicyclic amines) is 1. The number of rotatable bonds is 3. The second kappa shape index (κ2) is 8.67. The summed E-state index contributed by atoms with van der Waals surface area (Å²) < 4.78 is 13.3. The molecule has 2 aliphatic rings. The van der Waals surface area contributed by atoms with Crippen LogP contribution in [0.5, 0.6) is 0 Å². The van der Waals surface area contributed by atoms with Crippen molar-refractivity contribution in [2.24, 2.45) is 10.4 Å². The zero-order valence-electron chi connectivity index (χ0n) is 16.1. The van der Waals surface area contributed by atoms with Crippen LogP contribution in [0.15, 0.2) is 29.4 Å². The fourth-order valence-electron chi connectivity index (χ4n) is 4.44. The third-order valence-electron chi connectivity index (χ3n) is 5.78. The zero-order valence-corrected chi connectivity index (χ0v) is 18.4. The maximum absolute atomic E-state index is 13.3. The maximum atomic E-state index is 13.3. The molecular formula is C20H27FIN5O. The lowest BCUT2D eigenvalue weighted by Crippen LogP contribution is -2.51. The number of carbonyl (C=O) groups is 1. The molecule has 3 heterocycles. The molecule has 0 radical (unpaired) electrons. The van der Waals surface area contributed by atoms with Gasteiger partial charge < -0.3 is 20.5 Å². The highest BCUT2D eigenvalue weighted by Gasteiger charge is 2.42. The number of hydrogen-bond donors (Lipinski definition) is 3. The molecule has 2 fully saturated rings. The molecule has 8 heteroatoms. The van der Waals surface area contributed by atoms with E-state index >= 15 is 0 Å². The standard InChI is InChI=1S/C20H26FN5O.HI/c1-22-19(26-8-2-6-20(13-26)10-18(27)25-12-20)23-7-5-14-11-24-17-9-15(21)3-4-16(14)17;/h3-4,9,11,24H,2,5-8,10,12-13H2,1H3,(H,22,23)(H,25,27);1H. The van der Waals surface area contributed by atoms with Crippen molar-refractivity contribution >= 4 is 46.7 Å². The predicted molar refractivity (Wildman–Crippen MR) is 120 cm³/mol. The molecule has 152 valence electrons. The van der Waals surface area contributed by atoms with E-state index in [9.17, 15) is 9.18 Å². The number of benzene rings is 1. The Morgan fingerprint density at radius 2 is 2.29 bits per heavy atom. The molecule has 28 heavy (non-hydrogen) atoms. The van der Waals surface area contributed by atoms with E-state index in [1.54, 1.807) is 7.05 Å². The lowest BCUT2D eigenvalue weighted by molar-refractivity contribution is -0.119. The molecule has 0 aliphatic carbocycles. The molecule has 4 rings (SSSR count). The first-order valence-electron chi connectivity index (χ1n) is 9.56. The monoisotopic (exact) mass is 499 g/mol. The van der Waals surface area contributed by atoms with Gasteiger partial charge >= 0.3 is 0 Å². The largest absolute Gasteiger partial charge is 0.361 e. The Balaban J connectivity index is 0.00000225. The Morgan fingerprint density at radius 1 is 1.43 bits per heavy atom. The second-order valence-electron chi connectivity index (χ2n) is 7.71. The SMILES string of the molecule is CN=C(NCCc1c[nH]c2cc(F)ccc12)N1CCCC2(CNC(=O)C2)C1.I. The normalized spacial score (nSPS) is 22.4. The fourth-order valence-corrected chi connectivity index (χ4v) is 4.44. The van der Waals surface area contributed by atoms with E-state index < -0.39 is 0 Å². The number of carbonyl (C=O) groups excluding carboxylic acids is 1. The van der Waals surface area contributed by atoms with Crippen LogP contribution in [0.3, 0.4) is 0 Å². The van der Waals surface area contributed by atoms with Crippen LogP contribution in [-0.4, -0.2) is 55.0 Å². The summed E-state index contributed by atoms with van der Waals surface area (Å²) in [7, 11) is 1.80. The van der Waals surface area contributed by atoms with Crippen molar-refractivity contribution in [3.8, 4) is 0 Å². The van der Waals surface area contributed by atoms with E-state index in [1.165, 1.54) is 12.1 Å². The molecule has 1 aromatic heterocycles. The Labute approximate surface area is 181 Å². The van der Waals surface area contributed by atoms with Gasteiger partial charge in [-0.25, -0.2) is 4.39 Å². The van der Waals surface area contributed by atoms with Crippen LogP contribution in [0.2, 0.25) is 0 Å². The van der Waals surface area contributed by atoms with Gasteiger partial charge in [-0.2, -0.15) is 0 Å². The van der Waals surface area contributed by atoms with Gasteiger partial charge in [-0.15, -0.1) is 24.0 Å². The van der Waals surface area contributed by atoms with Crippen molar-refractivity contribution in [1.29, 1.82) is 0 Å². The predicted octanol–water partition coefficient (Wildman–Crippen LogP) is 2.65. The molecule has 2 saturated heterocycles. The highest BCUT2D eigenvalue weighted by atomic mass is 127. The van der Waals surface area contributed by atoms with Gasteiger partial charge in [0.25, 0.3) is 0 Å². The number of nitrogens with zero attached hydrogens (tertiary/aromatic N) is 2. The van der Waals surface area contributed by atoms with Crippen molar-refractivity contribution < 1.29 is 9.18 Å². The van der Waals surface area contributed by atoms with Crippen molar-refractivity contribution in [3.63, 3.8) is 0 Å². The molecule has 6 nitrogen and oxygen atoms in total. The van der Waals surface area contributed by atoms with Crippen molar-refractivity contribution in [2.75, 3.05) is 33.2 Å². The molecule has 1 spiro atoms. The van der Waals surface area contributed by atoms with E-state index in [0.29, 0.717) is 6.42 Å². The average molecular weight is 499 g/mol. The number of H-pyrrole nitrogens is 1. The van der Waals surface area contributed by atoms with Crippen LogP contribution in [0.1, 0.15) is 24.8 Å². The third kappa shape index (κ3) is 4.26. The number of hydrogen-bond acceptors (Lipinski definition) is 2. The molecule has 1 aromatic carbocycles. The minimum absolute atomic E-state index is 0. The van der Waals surface area contributed by atoms with E-state index in [-0.39, 0.29) is 41.1 Å². The van der Waals surface area contributed by atoms with Crippen molar-refractivity contribution in [3.05, 3.63) is 35.8 Å². The number of aliphatic imine (C=N–C) groups is 1.